The Kier molecular flexibility index (Phi) is 3.61. The fraction of sp³-hybridized carbons (Fsp3) is 0.320. The Morgan fingerprint density at radius 3 is 2.27 bits per heavy atom. The third-order valence-corrected chi connectivity index (χ3v) is 7.31. The monoisotopic (exact) mass is 398 g/mol. The van der Waals surface area contributed by atoms with Crippen molar-refractivity contribution in [3.63, 3.8) is 0 Å². The molecule has 150 valence electrons. The molecule has 5 heteroatoms. The summed E-state index contributed by atoms with van der Waals surface area (Å²) >= 11 is 0. The fourth-order valence-corrected chi connectivity index (χ4v) is 5.92. The van der Waals surface area contributed by atoms with Gasteiger partial charge < -0.3 is 5.32 Å². The van der Waals surface area contributed by atoms with Crippen LogP contribution >= 0.6 is 0 Å². The molecule has 1 heterocycles. The van der Waals surface area contributed by atoms with E-state index in [1.54, 1.807) is 24.3 Å². The Balaban J connectivity index is 1.29. The zero-order valence-corrected chi connectivity index (χ0v) is 16.6. The third-order valence-electron chi connectivity index (χ3n) is 7.31. The van der Waals surface area contributed by atoms with Crippen LogP contribution in [0.1, 0.15) is 22.3 Å². The number of rotatable bonds is 3. The molecule has 4 aliphatic carbocycles. The maximum absolute atomic E-state index is 13.3. The van der Waals surface area contributed by atoms with Gasteiger partial charge in [-0.15, -0.1) is 0 Å². The van der Waals surface area contributed by atoms with Gasteiger partial charge in [-0.05, 0) is 72.9 Å². The summed E-state index contributed by atoms with van der Waals surface area (Å²) in [5.41, 5.74) is 2.68. The molecule has 1 aliphatic heterocycles. The van der Waals surface area contributed by atoms with Crippen molar-refractivity contribution < 1.29 is 14.4 Å². The van der Waals surface area contributed by atoms with Gasteiger partial charge in [-0.1, -0.05) is 30.4 Å². The Morgan fingerprint density at radius 2 is 1.60 bits per heavy atom. The van der Waals surface area contributed by atoms with Crippen molar-refractivity contribution in [1.82, 2.24) is 0 Å². The van der Waals surface area contributed by atoms with Crippen molar-refractivity contribution >= 4 is 29.1 Å². The van der Waals surface area contributed by atoms with Gasteiger partial charge in [0.2, 0.25) is 11.8 Å². The van der Waals surface area contributed by atoms with E-state index in [2.05, 4.69) is 17.5 Å². The molecular weight excluding hydrogens is 376 g/mol. The van der Waals surface area contributed by atoms with Crippen molar-refractivity contribution in [3.8, 4) is 0 Å². The van der Waals surface area contributed by atoms with Crippen LogP contribution in [0.5, 0.6) is 0 Å². The molecular formula is C25H22N2O3. The number of imide groups is 1. The molecule has 0 aromatic heterocycles. The van der Waals surface area contributed by atoms with E-state index in [0.717, 1.165) is 12.0 Å². The summed E-state index contributed by atoms with van der Waals surface area (Å²) in [4.78, 5) is 40.7. The van der Waals surface area contributed by atoms with Crippen molar-refractivity contribution in [2.24, 2.45) is 35.5 Å². The molecule has 1 N–H and O–H groups in total. The minimum Gasteiger partial charge on any atom is -0.322 e. The number of carbonyl (C=O) groups is 3. The summed E-state index contributed by atoms with van der Waals surface area (Å²) in [5.74, 6) is 0.591. The summed E-state index contributed by atoms with van der Waals surface area (Å²) in [6.07, 6.45) is 5.48. The third kappa shape index (κ3) is 2.44. The molecule has 5 aliphatic rings. The van der Waals surface area contributed by atoms with E-state index in [1.807, 2.05) is 31.2 Å². The van der Waals surface area contributed by atoms with Crippen molar-refractivity contribution in [1.29, 1.82) is 0 Å². The average molecular weight is 398 g/mol. The van der Waals surface area contributed by atoms with Crippen LogP contribution in [0.15, 0.2) is 60.7 Å². The lowest BCUT2D eigenvalue weighted by atomic mass is 9.63. The second kappa shape index (κ2) is 6.14. The average Bonchev–Trinajstić information content (AvgIpc) is 3.52. The van der Waals surface area contributed by atoms with Gasteiger partial charge >= 0.3 is 0 Å². The van der Waals surface area contributed by atoms with Crippen LogP contribution in [-0.4, -0.2) is 17.7 Å². The molecule has 3 fully saturated rings. The van der Waals surface area contributed by atoms with Gasteiger partial charge in [0.25, 0.3) is 5.91 Å². The number of nitrogens with zero attached hydrogens (tertiary/aromatic N) is 1. The topological polar surface area (TPSA) is 66.5 Å². The summed E-state index contributed by atoms with van der Waals surface area (Å²) in [7, 11) is 0. The summed E-state index contributed by atoms with van der Waals surface area (Å²) in [6, 6.07) is 14.4. The second-order valence-corrected chi connectivity index (χ2v) is 9.04. The van der Waals surface area contributed by atoms with Crippen LogP contribution in [0.3, 0.4) is 0 Å². The van der Waals surface area contributed by atoms with Crippen molar-refractivity contribution in [3.05, 3.63) is 71.8 Å². The SMILES string of the molecule is Cc1cccc(NC(=O)c2cccc(N3C(=O)[C@@H]4[C@@H]5C=C[C@H]([C@H]6C[C@H]56)[C@@H]4C3=O)c2)c1. The van der Waals surface area contributed by atoms with Gasteiger partial charge in [0.05, 0.1) is 17.5 Å². The maximum atomic E-state index is 13.3. The quantitative estimate of drug-likeness (QED) is 0.632. The predicted molar refractivity (Wildman–Crippen MR) is 113 cm³/mol. The number of allylic oxidation sites excluding steroid dienone is 2. The molecule has 0 unspecified atom stereocenters. The van der Waals surface area contributed by atoms with Gasteiger partial charge in [-0.25, -0.2) is 4.90 Å². The first-order valence-electron chi connectivity index (χ1n) is 10.6. The van der Waals surface area contributed by atoms with Crippen molar-refractivity contribution in [2.45, 2.75) is 13.3 Å². The molecule has 3 amide bonds. The normalized spacial score (nSPS) is 32.8. The minimum atomic E-state index is -0.262. The lowest BCUT2D eigenvalue weighted by Crippen LogP contribution is -2.40. The van der Waals surface area contributed by atoms with Crippen LogP contribution in [0.2, 0.25) is 0 Å². The first kappa shape index (κ1) is 17.6. The first-order valence-corrected chi connectivity index (χ1v) is 10.6. The summed E-state index contributed by atoms with van der Waals surface area (Å²) in [5, 5.41) is 2.89. The lowest BCUT2D eigenvalue weighted by molar-refractivity contribution is -0.124. The Labute approximate surface area is 174 Å². The molecule has 0 spiro atoms. The molecule has 30 heavy (non-hydrogen) atoms. The number of aryl methyl sites for hydroxylation is 1. The van der Waals surface area contributed by atoms with Gasteiger partial charge in [0.15, 0.2) is 0 Å². The largest absolute Gasteiger partial charge is 0.322 e. The van der Waals surface area contributed by atoms with E-state index < -0.39 is 0 Å². The van der Waals surface area contributed by atoms with E-state index in [0.29, 0.717) is 28.8 Å². The summed E-state index contributed by atoms with van der Waals surface area (Å²) < 4.78 is 0. The van der Waals surface area contributed by atoms with Gasteiger partial charge in [-0.3, -0.25) is 14.4 Å². The number of hydrogen-bond acceptors (Lipinski definition) is 3. The van der Waals surface area contributed by atoms with Gasteiger partial charge in [-0.2, -0.15) is 0 Å². The highest BCUT2D eigenvalue weighted by atomic mass is 16.2. The first-order chi connectivity index (χ1) is 14.5. The molecule has 2 aromatic rings. The maximum Gasteiger partial charge on any atom is 0.255 e. The molecule has 7 rings (SSSR count). The molecule has 2 aromatic carbocycles. The number of anilines is 2. The molecule has 2 saturated carbocycles. The van der Waals surface area contributed by atoms with Crippen LogP contribution in [0.25, 0.3) is 0 Å². The second-order valence-electron chi connectivity index (χ2n) is 9.04. The van der Waals surface area contributed by atoms with E-state index in [1.165, 1.54) is 4.90 Å². The van der Waals surface area contributed by atoms with Gasteiger partial charge in [0, 0.05) is 11.3 Å². The van der Waals surface area contributed by atoms with E-state index in [-0.39, 0.29) is 41.4 Å². The van der Waals surface area contributed by atoms with Crippen LogP contribution in [0.4, 0.5) is 11.4 Å². The Hall–Kier alpha value is -3.21. The highest BCUT2D eigenvalue weighted by molar-refractivity contribution is 6.23. The number of benzene rings is 2. The molecule has 6 atom stereocenters. The van der Waals surface area contributed by atoms with Crippen LogP contribution < -0.4 is 10.2 Å². The number of nitrogens with one attached hydrogen (secondary N) is 1. The Bertz CT molecular complexity index is 1100. The smallest absolute Gasteiger partial charge is 0.255 e. The highest BCUT2D eigenvalue weighted by Gasteiger charge is 2.67. The zero-order valence-electron chi connectivity index (χ0n) is 16.6. The standard InChI is InChI=1S/C25H22N2O3/c1-13-4-2-6-15(10-13)26-23(28)14-5-3-7-16(11-14)27-24(29)21-17-8-9-18(20-12-19(17)20)22(21)25(27)30/h2-11,17-22H,12H2,1H3,(H,26,28)/t17-,18-,19-,20-,21-,22+/m1/s1. The molecule has 2 bridgehead atoms. The van der Waals surface area contributed by atoms with E-state index in [9.17, 15) is 14.4 Å². The fourth-order valence-electron chi connectivity index (χ4n) is 5.92. The zero-order chi connectivity index (χ0) is 20.6. The Morgan fingerprint density at radius 1 is 0.933 bits per heavy atom. The minimum absolute atomic E-state index is 0.106. The van der Waals surface area contributed by atoms with E-state index in [4.69, 9.17) is 0 Å². The number of hydrogen-bond donors (Lipinski definition) is 1. The molecule has 5 nitrogen and oxygen atoms in total. The van der Waals surface area contributed by atoms with Crippen LogP contribution in [-0.2, 0) is 9.59 Å². The number of carbonyl (C=O) groups excluding carboxylic acids is 3. The predicted octanol–water partition coefficient (Wildman–Crippen LogP) is 3.80. The lowest BCUT2D eigenvalue weighted by Gasteiger charge is -2.37. The summed E-state index contributed by atoms with van der Waals surface area (Å²) in [6.45, 7) is 1.96. The number of amides is 3. The van der Waals surface area contributed by atoms with Crippen molar-refractivity contribution in [2.75, 3.05) is 10.2 Å². The van der Waals surface area contributed by atoms with Gasteiger partial charge in [0.1, 0.15) is 0 Å². The molecule has 0 radical (unpaired) electrons. The van der Waals surface area contributed by atoms with E-state index >= 15 is 0 Å². The highest BCUT2D eigenvalue weighted by Crippen LogP contribution is 2.65. The molecule has 1 saturated heterocycles. The van der Waals surface area contributed by atoms with Crippen LogP contribution in [0, 0.1) is 42.4 Å².